The van der Waals surface area contributed by atoms with E-state index in [1.165, 1.54) is 29.2 Å². The molecule has 0 aromatic heterocycles. The van der Waals surface area contributed by atoms with Gasteiger partial charge in [-0.05, 0) is 64.7 Å². The van der Waals surface area contributed by atoms with Crippen LogP contribution in [0.5, 0.6) is 11.5 Å². The highest BCUT2D eigenvalue weighted by molar-refractivity contribution is 5.95. The van der Waals surface area contributed by atoms with Gasteiger partial charge in [-0.2, -0.15) is 13.2 Å². The molecule has 0 radical (unpaired) electrons. The molecule has 1 aliphatic heterocycles. The van der Waals surface area contributed by atoms with Gasteiger partial charge in [0.2, 0.25) is 11.8 Å². The van der Waals surface area contributed by atoms with Crippen LogP contribution in [0.3, 0.4) is 0 Å². The normalized spacial score (nSPS) is 13.8. The van der Waals surface area contributed by atoms with Gasteiger partial charge in [-0.1, -0.05) is 54.6 Å². The summed E-state index contributed by atoms with van der Waals surface area (Å²) in [6.45, 7) is 3.70. The highest BCUT2D eigenvalue weighted by Gasteiger charge is 2.32. The molecule has 12 heteroatoms. The molecule has 1 heterocycles. The van der Waals surface area contributed by atoms with Crippen LogP contribution in [-0.4, -0.2) is 88.4 Å². The standard InChI is InChI=1S/C42H46F3N3O6/c1-46(19-22-54-30-34-25-37(51-2)28-38(26-34)52-3)41(50)39(27-32-7-5-4-6-8-32)48(29-33-11-16-36(17-12-33)47-20-23-53-24-21-47)40(49)18-13-31-9-14-35(15-10-31)42(43,44)45/h4-18,25-26,28,39H,19-24,27,29-30H2,1-3H3/t39-/m0/s1. The summed E-state index contributed by atoms with van der Waals surface area (Å²) < 4.78 is 61.7. The van der Waals surface area contributed by atoms with Crippen LogP contribution in [0.4, 0.5) is 18.9 Å². The van der Waals surface area contributed by atoms with Gasteiger partial charge in [0.05, 0.1) is 46.2 Å². The van der Waals surface area contributed by atoms with E-state index in [9.17, 15) is 22.8 Å². The Morgan fingerprint density at radius 2 is 1.50 bits per heavy atom. The van der Waals surface area contributed by atoms with Gasteiger partial charge in [0.25, 0.3) is 0 Å². The summed E-state index contributed by atoms with van der Waals surface area (Å²) in [7, 11) is 4.83. The summed E-state index contributed by atoms with van der Waals surface area (Å²) in [5.74, 6) is 0.526. The fourth-order valence-corrected chi connectivity index (χ4v) is 6.09. The number of ether oxygens (including phenoxy) is 4. The number of amides is 2. The van der Waals surface area contributed by atoms with Gasteiger partial charge < -0.3 is 33.6 Å². The number of benzene rings is 4. The van der Waals surface area contributed by atoms with E-state index in [4.69, 9.17) is 18.9 Å². The Labute approximate surface area is 314 Å². The Kier molecular flexibility index (Phi) is 14.1. The van der Waals surface area contributed by atoms with Crippen molar-refractivity contribution in [2.24, 2.45) is 0 Å². The molecular formula is C42H46F3N3O6. The molecular weight excluding hydrogens is 699 g/mol. The quantitative estimate of drug-likeness (QED) is 0.0914. The molecule has 1 aliphatic rings. The number of anilines is 1. The highest BCUT2D eigenvalue weighted by Crippen LogP contribution is 2.29. The Bertz CT molecular complexity index is 1810. The highest BCUT2D eigenvalue weighted by atomic mass is 19.4. The van der Waals surface area contributed by atoms with Crippen molar-refractivity contribution in [3.8, 4) is 11.5 Å². The largest absolute Gasteiger partial charge is 0.497 e. The molecule has 0 unspecified atom stereocenters. The van der Waals surface area contributed by atoms with Crippen LogP contribution in [0.25, 0.3) is 6.08 Å². The molecule has 286 valence electrons. The predicted octanol–water partition coefficient (Wildman–Crippen LogP) is 6.89. The minimum Gasteiger partial charge on any atom is -0.497 e. The van der Waals surface area contributed by atoms with E-state index in [0.717, 1.165) is 47.6 Å². The van der Waals surface area contributed by atoms with Gasteiger partial charge in [0.1, 0.15) is 17.5 Å². The van der Waals surface area contributed by atoms with Crippen LogP contribution >= 0.6 is 0 Å². The van der Waals surface area contributed by atoms with Crippen molar-refractivity contribution >= 4 is 23.6 Å². The second-order valence-electron chi connectivity index (χ2n) is 12.9. The van der Waals surface area contributed by atoms with Crippen molar-refractivity contribution in [2.45, 2.75) is 31.8 Å². The third-order valence-electron chi connectivity index (χ3n) is 9.17. The Balaban J connectivity index is 1.38. The molecule has 0 aliphatic carbocycles. The van der Waals surface area contributed by atoms with Crippen molar-refractivity contribution in [2.75, 3.05) is 65.6 Å². The third-order valence-corrected chi connectivity index (χ3v) is 9.17. The van der Waals surface area contributed by atoms with Crippen LogP contribution in [-0.2, 0) is 44.8 Å². The van der Waals surface area contributed by atoms with E-state index < -0.39 is 23.7 Å². The minimum absolute atomic E-state index is 0.116. The summed E-state index contributed by atoms with van der Waals surface area (Å²) in [6.07, 6.45) is -1.47. The summed E-state index contributed by atoms with van der Waals surface area (Å²) in [6, 6.07) is 26.5. The van der Waals surface area contributed by atoms with E-state index >= 15 is 0 Å². The molecule has 1 saturated heterocycles. The summed E-state index contributed by atoms with van der Waals surface area (Å²) >= 11 is 0. The fourth-order valence-electron chi connectivity index (χ4n) is 6.09. The average molecular weight is 746 g/mol. The van der Waals surface area contributed by atoms with Gasteiger partial charge in [0, 0.05) is 57.5 Å². The zero-order valence-corrected chi connectivity index (χ0v) is 30.8. The van der Waals surface area contributed by atoms with E-state index in [0.29, 0.717) is 30.3 Å². The van der Waals surface area contributed by atoms with Gasteiger partial charge in [-0.25, -0.2) is 0 Å². The number of carbonyl (C=O) groups excluding carboxylic acids is 2. The van der Waals surface area contributed by atoms with Crippen molar-refractivity contribution in [1.29, 1.82) is 0 Å². The monoisotopic (exact) mass is 745 g/mol. The van der Waals surface area contributed by atoms with Crippen molar-refractivity contribution in [3.63, 3.8) is 0 Å². The fraction of sp³-hybridized carbons (Fsp3) is 0.333. The molecule has 0 spiro atoms. The number of hydrogen-bond donors (Lipinski definition) is 0. The summed E-state index contributed by atoms with van der Waals surface area (Å²) in [5, 5.41) is 0. The van der Waals surface area contributed by atoms with Crippen molar-refractivity contribution in [1.82, 2.24) is 9.80 Å². The Hall–Kier alpha value is -5.33. The number of halogens is 3. The Morgan fingerprint density at radius 1 is 0.852 bits per heavy atom. The lowest BCUT2D eigenvalue weighted by Crippen LogP contribution is -2.51. The number of rotatable bonds is 16. The molecule has 5 rings (SSSR count). The van der Waals surface area contributed by atoms with Gasteiger partial charge in [-0.15, -0.1) is 0 Å². The Morgan fingerprint density at radius 3 is 2.11 bits per heavy atom. The predicted molar refractivity (Wildman–Crippen MR) is 201 cm³/mol. The van der Waals surface area contributed by atoms with E-state index in [1.807, 2.05) is 66.7 Å². The molecule has 0 N–H and O–H groups in total. The first-order chi connectivity index (χ1) is 26.0. The van der Waals surface area contributed by atoms with E-state index in [-0.39, 0.29) is 38.6 Å². The first kappa shape index (κ1) is 39.9. The lowest BCUT2D eigenvalue weighted by molar-refractivity contribution is -0.143. The smallest absolute Gasteiger partial charge is 0.416 e. The van der Waals surface area contributed by atoms with E-state index in [2.05, 4.69) is 4.90 Å². The second-order valence-corrected chi connectivity index (χ2v) is 12.9. The summed E-state index contributed by atoms with van der Waals surface area (Å²) in [4.78, 5) is 33.9. The number of likely N-dealkylation sites (N-methyl/N-ethyl adjacent to an activating group) is 1. The maximum Gasteiger partial charge on any atom is 0.416 e. The second kappa shape index (κ2) is 19.1. The minimum atomic E-state index is -4.48. The first-order valence-electron chi connectivity index (χ1n) is 17.7. The van der Waals surface area contributed by atoms with Crippen LogP contribution in [0.1, 0.15) is 27.8 Å². The maximum absolute atomic E-state index is 14.4. The summed E-state index contributed by atoms with van der Waals surface area (Å²) in [5.41, 5.74) is 3.19. The maximum atomic E-state index is 14.4. The SMILES string of the molecule is COc1cc(COCCN(C)C(=O)[C@H](Cc2ccccc2)N(Cc2ccc(N3CCOCC3)cc2)C(=O)C=Cc2ccc(C(F)(F)F)cc2)cc(OC)c1. The number of morpholine rings is 1. The van der Waals surface area contributed by atoms with Gasteiger partial charge in [0.15, 0.2) is 0 Å². The number of alkyl halides is 3. The van der Waals surface area contributed by atoms with Gasteiger partial charge in [-0.3, -0.25) is 9.59 Å². The van der Waals surface area contributed by atoms with Crippen molar-refractivity contribution in [3.05, 3.63) is 131 Å². The van der Waals surface area contributed by atoms with Crippen molar-refractivity contribution < 1.29 is 41.7 Å². The molecule has 1 atom stereocenters. The number of hydrogen-bond acceptors (Lipinski definition) is 7. The van der Waals surface area contributed by atoms with E-state index in [1.54, 1.807) is 32.2 Å². The first-order valence-corrected chi connectivity index (χ1v) is 17.7. The average Bonchev–Trinajstić information content (AvgIpc) is 3.20. The van der Waals surface area contributed by atoms with Crippen LogP contribution < -0.4 is 14.4 Å². The molecule has 54 heavy (non-hydrogen) atoms. The molecule has 1 fully saturated rings. The zero-order valence-electron chi connectivity index (χ0n) is 30.8. The molecule has 9 nitrogen and oxygen atoms in total. The number of nitrogens with zero attached hydrogens (tertiary/aromatic N) is 3. The number of carbonyl (C=O) groups is 2. The molecule has 4 aromatic carbocycles. The molecule has 2 amide bonds. The third kappa shape index (κ3) is 11.3. The van der Waals surface area contributed by atoms with Crippen LogP contribution in [0.15, 0.2) is 103 Å². The zero-order chi connectivity index (χ0) is 38.5. The van der Waals surface area contributed by atoms with Crippen LogP contribution in [0, 0.1) is 0 Å². The van der Waals surface area contributed by atoms with Gasteiger partial charge >= 0.3 is 6.18 Å². The molecule has 0 saturated carbocycles. The topological polar surface area (TPSA) is 80.8 Å². The molecule has 0 bridgehead atoms. The molecule has 4 aromatic rings. The number of methoxy groups -OCH3 is 2. The lowest BCUT2D eigenvalue weighted by Gasteiger charge is -2.33. The van der Waals surface area contributed by atoms with Crippen LogP contribution in [0.2, 0.25) is 0 Å². The lowest BCUT2D eigenvalue weighted by atomic mass is 10.0.